The molecule has 7 heteroatoms. The van der Waals surface area contributed by atoms with Crippen molar-refractivity contribution < 1.29 is 17.9 Å². The van der Waals surface area contributed by atoms with Gasteiger partial charge in [-0.3, -0.25) is 4.79 Å². The Labute approximate surface area is 124 Å². The largest absolute Gasteiger partial charge is 0.492 e. The fourth-order valence-electron chi connectivity index (χ4n) is 1.45. The number of carbonyl (C=O) groups is 1. The summed E-state index contributed by atoms with van der Waals surface area (Å²) in [6.07, 6.45) is 1.11. The van der Waals surface area contributed by atoms with Crippen LogP contribution >= 0.6 is 11.6 Å². The number of nitrogens with zero attached hydrogens (tertiary/aromatic N) is 1. The number of benzene rings is 1. The van der Waals surface area contributed by atoms with Crippen molar-refractivity contribution in [2.45, 2.75) is 6.42 Å². The molecule has 1 aromatic rings. The van der Waals surface area contributed by atoms with Crippen LogP contribution in [0, 0.1) is 0 Å². The normalized spacial score (nSPS) is 11.2. The zero-order valence-corrected chi connectivity index (χ0v) is 13.1. The van der Waals surface area contributed by atoms with Crippen LogP contribution in [0.15, 0.2) is 24.3 Å². The molecule has 0 bridgehead atoms. The number of likely N-dealkylation sites (N-methyl/N-ethyl adjacent to an activating group) is 1. The number of ether oxygens (including phenoxy) is 1. The summed E-state index contributed by atoms with van der Waals surface area (Å²) in [6, 6.07) is 6.98. The monoisotopic (exact) mass is 319 g/mol. The standard InChI is InChI=1S/C13H18ClNO4S/c1-15(13(16)6-9-20(2,17)18)7-8-19-12-5-3-4-11(14)10-12/h3-5,10H,6-9H2,1-2H3. The molecule has 0 saturated heterocycles. The lowest BCUT2D eigenvalue weighted by Gasteiger charge is -2.17. The third-order valence-electron chi connectivity index (χ3n) is 2.60. The Morgan fingerprint density at radius 2 is 2.10 bits per heavy atom. The van der Waals surface area contributed by atoms with Crippen LogP contribution in [0.5, 0.6) is 5.75 Å². The molecule has 1 amide bonds. The molecule has 0 aliphatic carbocycles. The topological polar surface area (TPSA) is 63.7 Å². The Balaban J connectivity index is 2.32. The number of hydrogen-bond donors (Lipinski definition) is 0. The van der Waals surface area contributed by atoms with Gasteiger partial charge in [-0.05, 0) is 18.2 Å². The van der Waals surface area contributed by atoms with Gasteiger partial charge in [-0.15, -0.1) is 0 Å². The van der Waals surface area contributed by atoms with E-state index in [9.17, 15) is 13.2 Å². The van der Waals surface area contributed by atoms with Gasteiger partial charge < -0.3 is 9.64 Å². The molecule has 0 unspecified atom stereocenters. The number of amides is 1. The van der Waals surface area contributed by atoms with E-state index in [1.165, 1.54) is 4.90 Å². The minimum Gasteiger partial charge on any atom is -0.492 e. The number of sulfone groups is 1. The van der Waals surface area contributed by atoms with Gasteiger partial charge in [0.2, 0.25) is 5.91 Å². The predicted molar refractivity (Wildman–Crippen MR) is 78.9 cm³/mol. The minimum atomic E-state index is -3.11. The van der Waals surface area contributed by atoms with Crippen molar-refractivity contribution in [3.8, 4) is 5.75 Å². The number of hydrogen-bond acceptors (Lipinski definition) is 4. The third kappa shape index (κ3) is 6.77. The molecule has 0 spiro atoms. The van der Waals surface area contributed by atoms with Crippen LogP contribution in [-0.2, 0) is 14.6 Å². The summed E-state index contributed by atoms with van der Waals surface area (Å²) < 4.78 is 27.4. The molecule has 0 aliphatic heterocycles. The second kappa shape index (κ2) is 7.50. The second-order valence-corrected chi connectivity index (χ2v) is 7.20. The molecule has 112 valence electrons. The molecule has 0 fully saturated rings. The molecule has 0 aromatic heterocycles. The molecular formula is C13H18ClNO4S. The highest BCUT2D eigenvalue weighted by Gasteiger charge is 2.12. The minimum absolute atomic E-state index is 0.00744. The second-order valence-electron chi connectivity index (χ2n) is 4.50. The lowest BCUT2D eigenvalue weighted by atomic mass is 10.3. The van der Waals surface area contributed by atoms with Gasteiger partial charge in [-0.2, -0.15) is 0 Å². The number of rotatable bonds is 7. The summed E-state index contributed by atoms with van der Waals surface area (Å²) in [6.45, 7) is 0.705. The van der Waals surface area contributed by atoms with E-state index in [1.54, 1.807) is 31.3 Å². The molecule has 0 aliphatic rings. The first-order chi connectivity index (χ1) is 9.28. The molecule has 0 atom stereocenters. The summed E-state index contributed by atoms with van der Waals surface area (Å²) >= 11 is 5.82. The van der Waals surface area contributed by atoms with E-state index in [-0.39, 0.29) is 18.1 Å². The lowest BCUT2D eigenvalue weighted by Crippen LogP contribution is -2.31. The number of halogens is 1. The highest BCUT2D eigenvalue weighted by Crippen LogP contribution is 2.16. The zero-order valence-electron chi connectivity index (χ0n) is 11.5. The Kier molecular flexibility index (Phi) is 6.29. The van der Waals surface area contributed by atoms with E-state index in [0.717, 1.165) is 6.26 Å². The fraction of sp³-hybridized carbons (Fsp3) is 0.462. The van der Waals surface area contributed by atoms with Gasteiger partial charge in [0.15, 0.2) is 0 Å². The molecular weight excluding hydrogens is 302 g/mol. The summed E-state index contributed by atoms with van der Waals surface area (Å²) in [7, 11) is -1.50. The van der Waals surface area contributed by atoms with Crippen molar-refractivity contribution in [1.82, 2.24) is 4.90 Å². The van der Waals surface area contributed by atoms with Gasteiger partial charge in [0.25, 0.3) is 0 Å². The highest BCUT2D eigenvalue weighted by molar-refractivity contribution is 7.90. The smallest absolute Gasteiger partial charge is 0.223 e. The first-order valence-corrected chi connectivity index (χ1v) is 8.52. The predicted octanol–water partition coefficient (Wildman–Crippen LogP) is 1.61. The maximum atomic E-state index is 11.7. The Hall–Kier alpha value is -1.27. The van der Waals surface area contributed by atoms with Crippen molar-refractivity contribution in [2.75, 3.05) is 32.2 Å². The summed E-state index contributed by atoms with van der Waals surface area (Å²) in [5.41, 5.74) is 0. The molecule has 1 aromatic carbocycles. The Morgan fingerprint density at radius 3 is 2.70 bits per heavy atom. The molecule has 0 heterocycles. The van der Waals surface area contributed by atoms with Crippen LogP contribution in [-0.4, -0.2) is 51.4 Å². The van der Waals surface area contributed by atoms with Gasteiger partial charge >= 0.3 is 0 Å². The van der Waals surface area contributed by atoms with E-state index in [0.29, 0.717) is 23.9 Å². The molecule has 0 saturated carbocycles. The molecule has 1 rings (SSSR count). The first-order valence-electron chi connectivity index (χ1n) is 6.08. The van der Waals surface area contributed by atoms with Crippen molar-refractivity contribution >= 4 is 27.3 Å². The molecule has 20 heavy (non-hydrogen) atoms. The third-order valence-corrected chi connectivity index (χ3v) is 3.78. The average Bonchev–Trinajstić information content (AvgIpc) is 2.35. The highest BCUT2D eigenvalue weighted by atomic mass is 35.5. The van der Waals surface area contributed by atoms with Crippen molar-refractivity contribution in [3.63, 3.8) is 0 Å². The van der Waals surface area contributed by atoms with Gasteiger partial charge in [0.1, 0.15) is 22.2 Å². The van der Waals surface area contributed by atoms with Gasteiger partial charge in [0.05, 0.1) is 12.3 Å². The average molecular weight is 320 g/mol. The zero-order chi connectivity index (χ0) is 15.2. The van der Waals surface area contributed by atoms with Crippen LogP contribution in [0.1, 0.15) is 6.42 Å². The Bertz CT molecular complexity index is 559. The van der Waals surface area contributed by atoms with E-state index < -0.39 is 9.84 Å². The quantitative estimate of drug-likeness (QED) is 0.766. The SMILES string of the molecule is CN(CCOc1cccc(Cl)c1)C(=O)CCS(C)(=O)=O. The van der Waals surface area contributed by atoms with Crippen LogP contribution in [0.3, 0.4) is 0 Å². The Morgan fingerprint density at radius 1 is 1.40 bits per heavy atom. The maximum Gasteiger partial charge on any atom is 0.223 e. The maximum absolute atomic E-state index is 11.7. The molecule has 5 nitrogen and oxygen atoms in total. The fourth-order valence-corrected chi connectivity index (χ4v) is 2.17. The van der Waals surface area contributed by atoms with Gasteiger partial charge in [-0.1, -0.05) is 17.7 Å². The van der Waals surface area contributed by atoms with Crippen LogP contribution in [0.2, 0.25) is 5.02 Å². The lowest BCUT2D eigenvalue weighted by molar-refractivity contribution is -0.129. The molecule has 0 N–H and O–H groups in total. The van der Waals surface area contributed by atoms with Crippen LogP contribution in [0.25, 0.3) is 0 Å². The van der Waals surface area contributed by atoms with Crippen molar-refractivity contribution in [3.05, 3.63) is 29.3 Å². The molecule has 0 radical (unpaired) electrons. The summed E-state index contributed by atoms with van der Waals surface area (Å²) in [5, 5.41) is 0.583. The van der Waals surface area contributed by atoms with E-state index in [4.69, 9.17) is 16.3 Å². The first kappa shape index (κ1) is 16.8. The van der Waals surface area contributed by atoms with Crippen LogP contribution in [0.4, 0.5) is 0 Å². The van der Waals surface area contributed by atoms with E-state index >= 15 is 0 Å². The van der Waals surface area contributed by atoms with Gasteiger partial charge in [0, 0.05) is 24.7 Å². The van der Waals surface area contributed by atoms with Crippen molar-refractivity contribution in [1.29, 1.82) is 0 Å². The van der Waals surface area contributed by atoms with E-state index in [2.05, 4.69) is 0 Å². The van der Waals surface area contributed by atoms with Crippen LogP contribution < -0.4 is 4.74 Å². The van der Waals surface area contributed by atoms with Crippen molar-refractivity contribution in [2.24, 2.45) is 0 Å². The number of carbonyl (C=O) groups excluding carboxylic acids is 1. The van der Waals surface area contributed by atoms with E-state index in [1.807, 2.05) is 0 Å². The summed E-state index contributed by atoms with van der Waals surface area (Å²) in [4.78, 5) is 13.1. The van der Waals surface area contributed by atoms with Gasteiger partial charge in [-0.25, -0.2) is 8.42 Å². The summed E-state index contributed by atoms with van der Waals surface area (Å²) in [5.74, 6) is 0.283.